The van der Waals surface area contributed by atoms with E-state index in [-0.39, 0.29) is 5.84 Å². The summed E-state index contributed by atoms with van der Waals surface area (Å²) in [6.45, 7) is 0.436. The number of carbonyl (C=O) groups excluding carboxylic acids is 1. The molecule has 0 atom stereocenters. The minimum atomic E-state index is -0.565. The third kappa shape index (κ3) is 6.42. The topological polar surface area (TPSA) is 114 Å². The van der Waals surface area contributed by atoms with Crippen LogP contribution in [-0.4, -0.2) is 23.6 Å². The van der Waals surface area contributed by atoms with Crippen LogP contribution >= 0.6 is 0 Å². The van der Waals surface area contributed by atoms with Gasteiger partial charge in [0.15, 0.2) is 0 Å². The number of hydrogen-bond donors (Lipinski definition) is 4. The maximum Gasteiger partial charge on any atom is 0.312 e. The molecule has 0 aliphatic carbocycles. The van der Waals surface area contributed by atoms with Crippen LogP contribution in [0.3, 0.4) is 0 Å². The van der Waals surface area contributed by atoms with Crippen LogP contribution in [0.25, 0.3) is 0 Å². The second-order valence-electron chi connectivity index (χ2n) is 1.99. The summed E-state index contributed by atoms with van der Waals surface area (Å²) in [7, 11) is 0. The number of urea groups is 1. The maximum atomic E-state index is 10.1. The van der Waals surface area contributed by atoms with Gasteiger partial charge in [-0.1, -0.05) is 5.16 Å². The first-order valence-corrected chi connectivity index (χ1v) is 3.16. The molecule has 0 heterocycles. The normalized spacial score (nSPS) is 11.1. The SMILES string of the molecule is NC(=O)NCCCC(N)=NO. The van der Waals surface area contributed by atoms with Gasteiger partial charge in [-0.3, -0.25) is 0 Å². The molecule has 0 saturated carbocycles. The van der Waals surface area contributed by atoms with Gasteiger partial charge in [-0.2, -0.15) is 0 Å². The van der Waals surface area contributed by atoms with Crippen molar-refractivity contribution in [3.8, 4) is 0 Å². The Morgan fingerprint density at radius 3 is 2.64 bits per heavy atom. The van der Waals surface area contributed by atoms with Gasteiger partial charge in [-0.25, -0.2) is 4.79 Å². The van der Waals surface area contributed by atoms with E-state index in [4.69, 9.17) is 16.7 Å². The van der Waals surface area contributed by atoms with Gasteiger partial charge in [0.1, 0.15) is 5.84 Å². The molecule has 6 nitrogen and oxygen atoms in total. The Bertz CT molecular complexity index is 157. The number of rotatable bonds is 4. The van der Waals surface area contributed by atoms with Crippen molar-refractivity contribution in [3.05, 3.63) is 0 Å². The first kappa shape index (κ1) is 9.54. The molecule has 0 aromatic carbocycles. The van der Waals surface area contributed by atoms with Crippen molar-refractivity contribution in [2.45, 2.75) is 12.8 Å². The molecular formula is C5H12N4O2. The summed E-state index contributed by atoms with van der Waals surface area (Å²) in [5.41, 5.74) is 9.93. The van der Waals surface area contributed by atoms with Gasteiger partial charge in [0.05, 0.1) is 0 Å². The molecule has 0 aliphatic heterocycles. The van der Waals surface area contributed by atoms with Gasteiger partial charge in [0.2, 0.25) is 0 Å². The fraction of sp³-hybridized carbons (Fsp3) is 0.600. The number of nitrogens with two attached hydrogens (primary N) is 2. The number of hydrogen-bond acceptors (Lipinski definition) is 3. The minimum absolute atomic E-state index is 0.149. The molecule has 0 rings (SSSR count). The maximum absolute atomic E-state index is 10.1. The van der Waals surface area contributed by atoms with Crippen LogP contribution in [0.4, 0.5) is 4.79 Å². The van der Waals surface area contributed by atoms with Crippen molar-refractivity contribution in [3.63, 3.8) is 0 Å². The molecule has 64 valence electrons. The highest BCUT2D eigenvalue weighted by molar-refractivity contribution is 5.79. The van der Waals surface area contributed by atoms with E-state index in [2.05, 4.69) is 10.5 Å². The summed E-state index contributed by atoms with van der Waals surface area (Å²) in [5, 5.41) is 13.2. The predicted octanol–water partition coefficient (Wildman–Crippen LogP) is -0.819. The molecule has 0 aliphatic rings. The van der Waals surface area contributed by atoms with E-state index >= 15 is 0 Å². The number of nitrogens with zero attached hydrogens (tertiary/aromatic N) is 1. The van der Waals surface area contributed by atoms with E-state index < -0.39 is 6.03 Å². The van der Waals surface area contributed by atoms with Crippen LogP contribution in [0.15, 0.2) is 5.16 Å². The van der Waals surface area contributed by atoms with Crippen molar-refractivity contribution in [1.29, 1.82) is 0 Å². The van der Waals surface area contributed by atoms with Gasteiger partial charge in [-0.15, -0.1) is 0 Å². The van der Waals surface area contributed by atoms with E-state index in [0.717, 1.165) is 0 Å². The van der Waals surface area contributed by atoms with Crippen LogP contribution in [-0.2, 0) is 0 Å². The van der Waals surface area contributed by atoms with Crippen LogP contribution < -0.4 is 16.8 Å². The van der Waals surface area contributed by atoms with Crippen molar-refractivity contribution in [2.75, 3.05) is 6.54 Å². The standard InChI is InChI=1S/C5H12N4O2/c6-4(9-11)2-1-3-8-5(7)10/h11H,1-3H2,(H2,6,9)(H3,7,8,10). The summed E-state index contributed by atoms with van der Waals surface area (Å²) >= 11 is 0. The zero-order valence-corrected chi connectivity index (χ0v) is 6.08. The fourth-order valence-corrected chi connectivity index (χ4v) is 0.531. The van der Waals surface area contributed by atoms with E-state index in [1.54, 1.807) is 0 Å². The number of amides is 2. The number of nitrogens with one attached hydrogen (secondary N) is 1. The second kappa shape index (κ2) is 5.33. The molecule has 0 aromatic heterocycles. The van der Waals surface area contributed by atoms with Crippen molar-refractivity contribution in [1.82, 2.24) is 5.32 Å². The summed E-state index contributed by atoms with van der Waals surface area (Å²) in [6, 6.07) is -0.565. The Balaban J connectivity index is 3.21. The molecule has 0 unspecified atom stereocenters. The highest BCUT2D eigenvalue weighted by Gasteiger charge is 1.94. The fourth-order valence-electron chi connectivity index (χ4n) is 0.531. The number of carbonyl (C=O) groups is 1. The van der Waals surface area contributed by atoms with Crippen LogP contribution in [0.5, 0.6) is 0 Å². The van der Waals surface area contributed by atoms with Gasteiger partial charge < -0.3 is 22.0 Å². The van der Waals surface area contributed by atoms with Crippen molar-refractivity contribution >= 4 is 11.9 Å². The van der Waals surface area contributed by atoms with Crippen LogP contribution in [0.2, 0.25) is 0 Å². The highest BCUT2D eigenvalue weighted by Crippen LogP contribution is 1.85. The zero-order chi connectivity index (χ0) is 8.69. The first-order chi connectivity index (χ1) is 5.16. The van der Waals surface area contributed by atoms with E-state index in [1.165, 1.54) is 0 Å². The molecule has 0 bridgehead atoms. The number of amidine groups is 1. The van der Waals surface area contributed by atoms with E-state index in [1.807, 2.05) is 0 Å². The Kier molecular flexibility index (Phi) is 4.63. The smallest absolute Gasteiger partial charge is 0.312 e. The van der Waals surface area contributed by atoms with Crippen molar-refractivity contribution < 1.29 is 10.0 Å². The third-order valence-corrected chi connectivity index (χ3v) is 1.04. The Hall–Kier alpha value is -1.46. The number of oxime groups is 1. The molecule has 0 saturated heterocycles. The predicted molar refractivity (Wildman–Crippen MR) is 40.2 cm³/mol. The molecule has 0 radical (unpaired) electrons. The lowest BCUT2D eigenvalue weighted by molar-refractivity contribution is 0.249. The van der Waals surface area contributed by atoms with E-state index in [0.29, 0.717) is 19.4 Å². The summed E-state index contributed by atoms with van der Waals surface area (Å²) in [4.78, 5) is 10.1. The largest absolute Gasteiger partial charge is 0.409 e. The lowest BCUT2D eigenvalue weighted by atomic mass is 10.3. The minimum Gasteiger partial charge on any atom is -0.409 e. The molecular weight excluding hydrogens is 148 g/mol. The Labute approximate surface area is 64.2 Å². The van der Waals surface area contributed by atoms with Gasteiger partial charge in [-0.05, 0) is 6.42 Å². The lowest BCUT2D eigenvalue weighted by Crippen LogP contribution is -2.30. The van der Waals surface area contributed by atoms with Crippen molar-refractivity contribution in [2.24, 2.45) is 16.6 Å². The van der Waals surface area contributed by atoms with Crippen LogP contribution in [0, 0.1) is 0 Å². The molecule has 11 heavy (non-hydrogen) atoms. The first-order valence-electron chi connectivity index (χ1n) is 3.16. The molecule has 6 N–H and O–H groups in total. The average molecular weight is 160 g/mol. The Morgan fingerprint density at radius 2 is 2.18 bits per heavy atom. The van der Waals surface area contributed by atoms with Crippen LogP contribution in [0.1, 0.15) is 12.8 Å². The molecule has 0 fully saturated rings. The quantitative estimate of drug-likeness (QED) is 0.142. The lowest BCUT2D eigenvalue weighted by Gasteiger charge is -1.99. The van der Waals surface area contributed by atoms with Gasteiger partial charge >= 0.3 is 6.03 Å². The monoisotopic (exact) mass is 160 g/mol. The Morgan fingerprint density at radius 1 is 1.55 bits per heavy atom. The molecule has 0 aromatic rings. The summed E-state index contributed by atoms with van der Waals surface area (Å²) < 4.78 is 0. The summed E-state index contributed by atoms with van der Waals surface area (Å²) in [5.74, 6) is 0.149. The summed E-state index contributed by atoms with van der Waals surface area (Å²) in [6.07, 6.45) is 1.05. The van der Waals surface area contributed by atoms with E-state index in [9.17, 15) is 4.79 Å². The zero-order valence-electron chi connectivity index (χ0n) is 6.08. The van der Waals surface area contributed by atoms with Gasteiger partial charge in [0.25, 0.3) is 0 Å². The average Bonchev–Trinajstić information content (AvgIpc) is 1.97. The molecule has 0 spiro atoms. The van der Waals surface area contributed by atoms with Gasteiger partial charge in [0, 0.05) is 13.0 Å². The molecule has 2 amide bonds. The third-order valence-electron chi connectivity index (χ3n) is 1.04. The second-order valence-corrected chi connectivity index (χ2v) is 1.99. The highest BCUT2D eigenvalue weighted by atomic mass is 16.4. The number of primary amides is 1. The molecule has 6 heteroatoms.